The molecule has 1 aliphatic heterocycles. The number of carbonyl (C=O) groups excluding carboxylic acids is 1. The predicted molar refractivity (Wildman–Crippen MR) is 117 cm³/mol. The average molecular weight is 431 g/mol. The molecule has 1 aliphatic rings. The van der Waals surface area contributed by atoms with Gasteiger partial charge in [-0.25, -0.2) is 13.1 Å². The van der Waals surface area contributed by atoms with Gasteiger partial charge in [-0.05, 0) is 69.4 Å². The summed E-state index contributed by atoms with van der Waals surface area (Å²) in [5, 5.41) is 0. The van der Waals surface area contributed by atoms with Gasteiger partial charge in [0.05, 0.1) is 17.6 Å². The van der Waals surface area contributed by atoms with Crippen LogP contribution in [-0.2, 0) is 10.0 Å². The summed E-state index contributed by atoms with van der Waals surface area (Å²) >= 11 is 0. The number of rotatable bonds is 6. The van der Waals surface area contributed by atoms with Crippen LogP contribution in [0.15, 0.2) is 41.3 Å². The van der Waals surface area contributed by atoms with Crippen molar-refractivity contribution in [3.63, 3.8) is 0 Å². The van der Waals surface area contributed by atoms with Crippen LogP contribution in [0.25, 0.3) is 0 Å². The zero-order chi connectivity index (χ0) is 21.9. The van der Waals surface area contributed by atoms with Crippen molar-refractivity contribution < 1.29 is 17.9 Å². The summed E-state index contributed by atoms with van der Waals surface area (Å²) in [6.07, 6.45) is 3.03. The van der Waals surface area contributed by atoms with E-state index in [-0.39, 0.29) is 16.4 Å². The zero-order valence-electron chi connectivity index (χ0n) is 18.1. The van der Waals surface area contributed by atoms with E-state index >= 15 is 0 Å². The lowest BCUT2D eigenvalue weighted by Crippen LogP contribution is -2.36. The number of ether oxygens (including phenoxy) is 1. The molecule has 1 saturated heterocycles. The lowest BCUT2D eigenvalue weighted by atomic mass is 10.0. The normalized spacial score (nSPS) is 15.7. The van der Waals surface area contributed by atoms with Gasteiger partial charge in [-0.1, -0.05) is 23.8 Å². The number of aryl methyl sites for hydroxylation is 2. The van der Waals surface area contributed by atoms with Crippen molar-refractivity contribution in [2.24, 2.45) is 0 Å². The number of sulfonamides is 1. The summed E-state index contributed by atoms with van der Waals surface area (Å²) in [6.45, 7) is 7.15. The quantitative estimate of drug-likeness (QED) is 0.752. The Bertz CT molecular complexity index is 1030. The van der Waals surface area contributed by atoms with Gasteiger partial charge in [0.15, 0.2) is 0 Å². The Morgan fingerprint density at radius 2 is 1.77 bits per heavy atom. The molecule has 1 atom stereocenters. The molecule has 2 aromatic carbocycles. The van der Waals surface area contributed by atoms with Crippen molar-refractivity contribution in [1.82, 2.24) is 9.62 Å². The molecule has 0 aromatic heterocycles. The zero-order valence-corrected chi connectivity index (χ0v) is 18.9. The number of amides is 1. The molecule has 7 heteroatoms. The summed E-state index contributed by atoms with van der Waals surface area (Å²) in [5.74, 6) is 0.193. The number of carbonyl (C=O) groups is 1. The first-order valence-electron chi connectivity index (χ1n) is 10.3. The maximum Gasteiger partial charge on any atom is 0.257 e. The lowest BCUT2D eigenvalue weighted by Gasteiger charge is -2.27. The second-order valence-electron chi connectivity index (χ2n) is 7.92. The molecule has 30 heavy (non-hydrogen) atoms. The minimum Gasteiger partial charge on any atom is -0.496 e. The SMILES string of the molecule is COc1ccc(S(=O)(=O)N[C@H](C)c2ccc(C)cc2C)cc1C(=O)N1CCCCC1. The summed E-state index contributed by atoms with van der Waals surface area (Å²) in [6, 6.07) is 9.98. The van der Waals surface area contributed by atoms with Crippen molar-refractivity contribution in [2.75, 3.05) is 20.2 Å². The number of piperidine rings is 1. The van der Waals surface area contributed by atoms with Gasteiger partial charge in [-0.15, -0.1) is 0 Å². The van der Waals surface area contributed by atoms with E-state index in [1.807, 2.05) is 39.0 Å². The van der Waals surface area contributed by atoms with E-state index in [0.717, 1.165) is 36.0 Å². The topological polar surface area (TPSA) is 75.7 Å². The van der Waals surface area contributed by atoms with E-state index < -0.39 is 16.1 Å². The van der Waals surface area contributed by atoms with Crippen LogP contribution in [0.1, 0.15) is 59.3 Å². The highest BCUT2D eigenvalue weighted by atomic mass is 32.2. The summed E-state index contributed by atoms with van der Waals surface area (Å²) in [5.41, 5.74) is 3.35. The van der Waals surface area contributed by atoms with Gasteiger partial charge in [0.25, 0.3) is 5.91 Å². The summed E-state index contributed by atoms with van der Waals surface area (Å²) < 4.78 is 34.2. The summed E-state index contributed by atoms with van der Waals surface area (Å²) in [4.78, 5) is 14.8. The number of likely N-dealkylation sites (tertiary alicyclic amines) is 1. The first-order chi connectivity index (χ1) is 14.2. The van der Waals surface area contributed by atoms with Crippen molar-refractivity contribution in [3.8, 4) is 5.75 Å². The maximum atomic E-state index is 13.1. The largest absolute Gasteiger partial charge is 0.496 e. The van der Waals surface area contributed by atoms with E-state index in [2.05, 4.69) is 4.72 Å². The third-order valence-corrected chi connectivity index (χ3v) is 7.12. The molecule has 0 spiro atoms. The molecule has 1 heterocycles. The Kier molecular flexibility index (Phi) is 6.83. The van der Waals surface area contributed by atoms with Crippen LogP contribution in [0.4, 0.5) is 0 Å². The number of nitrogens with zero attached hydrogens (tertiary/aromatic N) is 1. The Morgan fingerprint density at radius 1 is 1.07 bits per heavy atom. The van der Waals surface area contributed by atoms with Crippen molar-refractivity contribution in [2.45, 2.75) is 51.0 Å². The minimum atomic E-state index is -3.82. The molecule has 0 saturated carbocycles. The number of nitrogens with one attached hydrogen (secondary N) is 1. The van der Waals surface area contributed by atoms with Gasteiger partial charge in [0, 0.05) is 19.1 Å². The fourth-order valence-corrected chi connectivity index (χ4v) is 5.21. The second-order valence-corrected chi connectivity index (χ2v) is 9.63. The molecule has 3 rings (SSSR count). The monoisotopic (exact) mass is 430 g/mol. The van der Waals surface area contributed by atoms with Gasteiger partial charge in [0.2, 0.25) is 10.0 Å². The lowest BCUT2D eigenvalue weighted by molar-refractivity contribution is 0.0720. The Hall–Kier alpha value is -2.38. The fourth-order valence-electron chi connectivity index (χ4n) is 3.96. The van der Waals surface area contributed by atoms with Crippen molar-refractivity contribution >= 4 is 15.9 Å². The van der Waals surface area contributed by atoms with Crippen LogP contribution in [0.5, 0.6) is 5.75 Å². The van der Waals surface area contributed by atoms with Crippen LogP contribution in [0.2, 0.25) is 0 Å². The van der Waals surface area contributed by atoms with Crippen LogP contribution < -0.4 is 9.46 Å². The number of hydrogen-bond donors (Lipinski definition) is 1. The molecule has 162 valence electrons. The third kappa shape index (κ3) is 4.84. The number of methoxy groups -OCH3 is 1. The van der Waals surface area contributed by atoms with E-state index in [1.54, 1.807) is 11.0 Å². The third-order valence-electron chi connectivity index (χ3n) is 5.58. The first-order valence-corrected chi connectivity index (χ1v) is 11.8. The molecule has 0 radical (unpaired) electrons. The molecular formula is C23H30N2O4S. The highest BCUT2D eigenvalue weighted by molar-refractivity contribution is 7.89. The molecule has 0 bridgehead atoms. The van der Waals surface area contributed by atoms with Gasteiger partial charge >= 0.3 is 0 Å². The van der Waals surface area contributed by atoms with Gasteiger partial charge in [-0.3, -0.25) is 4.79 Å². The van der Waals surface area contributed by atoms with Crippen LogP contribution in [0, 0.1) is 13.8 Å². The first kappa shape index (κ1) is 22.3. The van der Waals surface area contributed by atoms with Crippen molar-refractivity contribution in [3.05, 3.63) is 58.7 Å². The summed E-state index contributed by atoms with van der Waals surface area (Å²) in [7, 11) is -2.34. The van der Waals surface area contributed by atoms with E-state index in [1.165, 1.54) is 19.2 Å². The molecule has 0 unspecified atom stereocenters. The average Bonchev–Trinajstić information content (AvgIpc) is 2.72. The molecule has 1 N–H and O–H groups in total. The second kappa shape index (κ2) is 9.18. The van der Waals surface area contributed by atoms with Gasteiger partial charge in [-0.2, -0.15) is 0 Å². The molecule has 1 amide bonds. The smallest absolute Gasteiger partial charge is 0.257 e. The fraction of sp³-hybridized carbons (Fsp3) is 0.435. The molecule has 2 aromatic rings. The number of benzene rings is 2. The van der Waals surface area contributed by atoms with E-state index in [0.29, 0.717) is 18.8 Å². The number of hydrogen-bond acceptors (Lipinski definition) is 4. The Labute approximate surface area is 179 Å². The molecule has 1 fully saturated rings. The minimum absolute atomic E-state index is 0.0558. The van der Waals surface area contributed by atoms with Crippen LogP contribution in [0.3, 0.4) is 0 Å². The van der Waals surface area contributed by atoms with E-state index in [4.69, 9.17) is 4.74 Å². The van der Waals surface area contributed by atoms with Crippen molar-refractivity contribution in [1.29, 1.82) is 0 Å². The molecule has 6 nitrogen and oxygen atoms in total. The van der Waals surface area contributed by atoms with E-state index in [9.17, 15) is 13.2 Å². The van der Waals surface area contributed by atoms with Gasteiger partial charge in [0.1, 0.15) is 5.75 Å². The molecular weight excluding hydrogens is 400 g/mol. The Morgan fingerprint density at radius 3 is 2.40 bits per heavy atom. The predicted octanol–water partition coefficient (Wildman–Crippen LogP) is 3.98. The Balaban J connectivity index is 1.89. The van der Waals surface area contributed by atoms with Gasteiger partial charge < -0.3 is 9.64 Å². The van der Waals surface area contributed by atoms with Crippen LogP contribution in [-0.4, -0.2) is 39.4 Å². The highest BCUT2D eigenvalue weighted by Crippen LogP contribution is 2.27. The molecule has 0 aliphatic carbocycles. The maximum absolute atomic E-state index is 13.1. The highest BCUT2D eigenvalue weighted by Gasteiger charge is 2.25. The standard InChI is InChI=1S/C23H30N2O4S/c1-16-8-10-20(17(2)14-16)18(3)24-30(27,28)19-9-11-22(29-4)21(15-19)23(26)25-12-6-5-7-13-25/h8-11,14-15,18,24H,5-7,12-13H2,1-4H3/t18-/m1/s1. The van der Waals surface area contributed by atoms with Crippen LogP contribution >= 0.6 is 0 Å².